The zero-order chi connectivity index (χ0) is 13.7. The standard InChI is InChI=1S/C14H19N3OS/c1-3-14(15,4-2)13-16-12(17-18-13)10-19-11-8-6-5-7-9-11/h5-9H,3-4,10,15H2,1-2H3. The highest BCUT2D eigenvalue weighted by Gasteiger charge is 2.29. The van der Waals surface area contributed by atoms with Gasteiger partial charge in [0.2, 0.25) is 5.89 Å². The summed E-state index contributed by atoms with van der Waals surface area (Å²) in [6, 6.07) is 10.2. The van der Waals surface area contributed by atoms with Gasteiger partial charge in [0, 0.05) is 4.90 Å². The Morgan fingerprint density at radius 1 is 1.21 bits per heavy atom. The van der Waals surface area contributed by atoms with E-state index in [2.05, 4.69) is 22.3 Å². The summed E-state index contributed by atoms with van der Waals surface area (Å²) in [7, 11) is 0. The number of benzene rings is 1. The molecule has 0 fully saturated rings. The number of nitrogens with two attached hydrogens (primary N) is 1. The fourth-order valence-corrected chi connectivity index (χ4v) is 2.49. The highest BCUT2D eigenvalue weighted by molar-refractivity contribution is 7.98. The van der Waals surface area contributed by atoms with Gasteiger partial charge >= 0.3 is 0 Å². The van der Waals surface area contributed by atoms with Gasteiger partial charge in [0.05, 0.1) is 11.3 Å². The number of thioether (sulfide) groups is 1. The van der Waals surface area contributed by atoms with Gasteiger partial charge in [-0.2, -0.15) is 4.98 Å². The average Bonchev–Trinajstić information content (AvgIpc) is 2.95. The number of aromatic nitrogens is 2. The van der Waals surface area contributed by atoms with Crippen molar-refractivity contribution in [2.24, 2.45) is 5.73 Å². The van der Waals surface area contributed by atoms with Gasteiger partial charge in [0.15, 0.2) is 5.82 Å². The maximum absolute atomic E-state index is 6.24. The van der Waals surface area contributed by atoms with Crippen LogP contribution in [-0.4, -0.2) is 10.1 Å². The third kappa shape index (κ3) is 3.36. The van der Waals surface area contributed by atoms with Gasteiger partial charge in [0.1, 0.15) is 0 Å². The molecule has 0 saturated carbocycles. The summed E-state index contributed by atoms with van der Waals surface area (Å²) in [6.07, 6.45) is 1.58. The first-order valence-electron chi connectivity index (χ1n) is 6.47. The first-order valence-corrected chi connectivity index (χ1v) is 7.46. The summed E-state index contributed by atoms with van der Waals surface area (Å²) >= 11 is 1.69. The monoisotopic (exact) mass is 277 g/mol. The second kappa shape index (κ2) is 6.21. The largest absolute Gasteiger partial charge is 0.337 e. The van der Waals surface area contributed by atoms with E-state index >= 15 is 0 Å². The van der Waals surface area contributed by atoms with Crippen molar-refractivity contribution in [3.63, 3.8) is 0 Å². The molecule has 0 aliphatic carbocycles. The first kappa shape index (κ1) is 14.1. The Balaban J connectivity index is 2.02. The molecule has 1 aromatic heterocycles. The van der Waals surface area contributed by atoms with Crippen molar-refractivity contribution in [1.82, 2.24) is 10.1 Å². The molecular formula is C14H19N3OS. The molecular weight excluding hydrogens is 258 g/mol. The zero-order valence-electron chi connectivity index (χ0n) is 11.3. The van der Waals surface area contributed by atoms with Crippen LogP contribution in [0.25, 0.3) is 0 Å². The highest BCUT2D eigenvalue weighted by atomic mass is 32.2. The van der Waals surface area contributed by atoms with Crippen LogP contribution in [0.1, 0.15) is 38.4 Å². The average molecular weight is 277 g/mol. The summed E-state index contributed by atoms with van der Waals surface area (Å²) in [5.74, 6) is 1.93. The van der Waals surface area contributed by atoms with Crippen LogP contribution in [0.2, 0.25) is 0 Å². The van der Waals surface area contributed by atoms with Gasteiger partial charge in [-0.25, -0.2) is 0 Å². The molecule has 102 valence electrons. The lowest BCUT2D eigenvalue weighted by Crippen LogP contribution is -2.35. The van der Waals surface area contributed by atoms with Crippen LogP contribution in [-0.2, 0) is 11.3 Å². The van der Waals surface area contributed by atoms with Crippen molar-refractivity contribution in [3.05, 3.63) is 42.0 Å². The van der Waals surface area contributed by atoms with Crippen LogP contribution in [0.4, 0.5) is 0 Å². The summed E-state index contributed by atoms with van der Waals surface area (Å²) in [5, 5.41) is 4.01. The van der Waals surface area contributed by atoms with Gasteiger partial charge in [-0.1, -0.05) is 37.2 Å². The van der Waals surface area contributed by atoms with Gasteiger partial charge < -0.3 is 10.3 Å². The fourth-order valence-electron chi connectivity index (χ4n) is 1.73. The Morgan fingerprint density at radius 2 is 1.89 bits per heavy atom. The Hall–Kier alpha value is -1.33. The number of hydrogen-bond acceptors (Lipinski definition) is 5. The van der Waals surface area contributed by atoms with Gasteiger partial charge in [-0.3, -0.25) is 0 Å². The quantitative estimate of drug-likeness (QED) is 0.820. The molecule has 1 heterocycles. The van der Waals surface area contributed by atoms with Gasteiger partial charge in [-0.15, -0.1) is 11.8 Å². The predicted octanol–water partition coefficient (Wildman–Crippen LogP) is 3.34. The molecule has 0 aliphatic heterocycles. The minimum atomic E-state index is -0.497. The van der Waals surface area contributed by atoms with Crippen molar-refractivity contribution in [2.45, 2.75) is 42.9 Å². The zero-order valence-corrected chi connectivity index (χ0v) is 12.1. The van der Waals surface area contributed by atoms with E-state index in [1.54, 1.807) is 11.8 Å². The molecule has 0 atom stereocenters. The maximum Gasteiger partial charge on any atom is 0.246 e. The molecule has 0 aliphatic rings. The Labute approximate surface area is 117 Å². The summed E-state index contributed by atoms with van der Waals surface area (Å²) in [5.41, 5.74) is 5.74. The number of nitrogens with zero attached hydrogens (tertiary/aromatic N) is 2. The van der Waals surface area contributed by atoms with Crippen LogP contribution in [0.5, 0.6) is 0 Å². The molecule has 0 amide bonds. The van der Waals surface area contributed by atoms with Crippen molar-refractivity contribution in [2.75, 3.05) is 0 Å². The third-order valence-electron chi connectivity index (χ3n) is 3.27. The molecule has 2 aromatic rings. The van der Waals surface area contributed by atoms with Crippen molar-refractivity contribution in [1.29, 1.82) is 0 Å². The molecule has 0 unspecified atom stereocenters. The SMILES string of the molecule is CCC(N)(CC)c1nc(CSc2ccccc2)no1. The Bertz CT molecular complexity index is 508. The number of hydrogen-bond donors (Lipinski definition) is 1. The van der Waals surface area contributed by atoms with Crippen LogP contribution in [0.15, 0.2) is 39.8 Å². The van der Waals surface area contributed by atoms with E-state index in [0.29, 0.717) is 17.5 Å². The summed E-state index contributed by atoms with van der Waals surface area (Å²) < 4.78 is 5.30. The van der Waals surface area contributed by atoms with Crippen LogP contribution in [0.3, 0.4) is 0 Å². The second-order valence-corrected chi connectivity index (χ2v) is 5.53. The lowest BCUT2D eigenvalue weighted by atomic mass is 9.94. The molecule has 0 saturated heterocycles. The fraction of sp³-hybridized carbons (Fsp3) is 0.429. The summed E-state index contributed by atoms with van der Waals surface area (Å²) in [4.78, 5) is 5.61. The van der Waals surface area contributed by atoms with Gasteiger partial charge in [0.25, 0.3) is 0 Å². The van der Waals surface area contributed by atoms with Crippen LogP contribution in [0, 0.1) is 0 Å². The molecule has 4 nitrogen and oxygen atoms in total. The topological polar surface area (TPSA) is 64.9 Å². The van der Waals surface area contributed by atoms with Crippen molar-refractivity contribution in [3.8, 4) is 0 Å². The van der Waals surface area contributed by atoms with E-state index < -0.39 is 5.54 Å². The molecule has 0 radical (unpaired) electrons. The number of rotatable bonds is 6. The van der Waals surface area contributed by atoms with E-state index in [0.717, 1.165) is 12.8 Å². The molecule has 2 rings (SSSR count). The molecule has 0 bridgehead atoms. The predicted molar refractivity (Wildman–Crippen MR) is 76.7 cm³/mol. The van der Waals surface area contributed by atoms with Crippen molar-refractivity contribution >= 4 is 11.8 Å². The van der Waals surface area contributed by atoms with Crippen LogP contribution >= 0.6 is 11.8 Å². The smallest absolute Gasteiger partial charge is 0.246 e. The van der Waals surface area contributed by atoms with Gasteiger partial charge in [-0.05, 0) is 25.0 Å². The minimum absolute atomic E-state index is 0.497. The molecule has 5 heteroatoms. The lowest BCUT2D eigenvalue weighted by Gasteiger charge is -2.20. The second-order valence-electron chi connectivity index (χ2n) is 4.48. The van der Waals surface area contributed by atoms with Crippen molar-refractivity contribution < 1.29 is 4.52 Å². The lowest BCUT2D eigenvalue weighted by molar-refractivity contribution is 0.267. The minimum Gasteiger partial charge on any atom is -0.337 e. The van der Waals surface area contributed by atoms with E-state index in [-0.39, 0.29) is 0 Å². The highest BCUT2D eigenvalue weighted by Crippen LogP contribution is 2.26. The maximum atomic E-state index is 6.24. The Kier molecular flexibility index (Phi) is 4.61. The van der Waals surface area contributed by atoms with E-state index in [9.17, 15) is 0 Å². The Morgan fingerprint density at radius 3 is 2.53 bits per heavy atom. The summed E-state index contributed by atoms with van der Waals surface area (Å²) in [6.45, 7) is 4.07. The normalized spacial score (nSPS) is 11.7. The first-order chi connectivity index (χ1) is 9.18. The van der Waals surface area contributed by atoms with E-state index in [1.807, 2.05) is 32.0 Å². The molecule has 0 spiro atoms. The van der Waals surface area contributed by atoms with E-state index in [4.69, 9.17) is 10.3 Å². The van der Waals surface area contributed by atoms with Crippen LogP contribution < -0.4 is 5.73 Å². The third-order valence-corrected chi connectivity index (χ3v) is 4.27. The molecule has 2 N–H and O–H groups in total. The molecule has 19 heavy (non-hydrogen) atoms. The molecule has 1 aromatic carbocycles. The van der Waals surface area contributed by atoms with E-state index in [1.165, 1.54) is 4.90 Å².